The number of para-hydroxylation sites is 1. The maximum atomic E-state index is 12.4. The molecule has 0 bridgehead atoms. The molecular weight excluding hydrogens is 444 g/mol. The van der Waals surface area contributed by atoms with E-state index in [2.05, 4.69) is 10.6 Å². The number of phenols is 1. The molecule has 3 aromatic rings. The molecular formula is C28H34N2O5. The van der Waals surface area contributed by atoms with Gasteiger partial charge < -0.3 is 25.4 Å². The third-order valence-corrected chi connectivity index (χ3v) is 5.94. The second kappa shape index (κ2) is 11.8. The fourth-order valence-corrected chi connectivity index (χ4v) is 4.07. The molecule has 0 fully saturated rings. The Kier molecular flexibility index (Phi) is 8.87. The smallest absolute Gasteiger partial charge is 0.224 e. The SMILES string of the molecule is COc1ccccc1CNC(=O)Cc1ccc(C[C@@H](C)N[C@@](C)(O)c2ccc(O)c(CO)c2)cc1. The summed E-state index contributed by atoms with van der Waals surface area (Å²) in [7, 11) is 1.61. The Bertz CT molecular complexity index is 1130. The van der Waals surface area contributed by atoms with E-state index in [0.29, 0.717) is 24.1 Å². The molecule has 7 nitrogen and oxygen atoms in total. The minimum atomic E-state index is -1.34. The molecule has 0 saturated heterocycles. The second-order valence-corrected chi connectivity index (χ2v) is 8.91. The topological polar surface area (TPSA) is 111 Å². The molecule has 35 heavy (non-hydrogen) atoms. The summed E-state index contributed by atoms with van der Waals surface area (Å²) >= 11 is 0. The largest absolute Gasteiger partial charge is 0.508 e. The first-order valence-corrected chi connectivity index (χ1v) is 11.6. The van der Waals surface area contributed by atoms with Gasteiger partial charge in [0.1, 0.15) is 17.2 Å². The summed E-state index contributed by atoms with van der Waals surface area (Å²) in [6, 6.07) is 20.1. The van der Waals surface area contributed by atoms with Crippen molar-refractivity contribution in [1.29, 1.82) is 0 Å². The van der Waals surface area contributed by atoms with E-state index in [4.69, 9.17) is 4.74 Å². The first-order chi connectivity index (χ1) is 16.7. The highest BCUT2D eigenvalue weighted by Crippen LogP contribution is 2.25. The van der Waals surface area contributed by atoms with E-state index in [9.17, 15) is 20.1 Å². The van der Waals surface area contributed by atoms with Crippen molar-refractivity contribution in [3.63, 3.8) is 0 Å². The van der Waals surface area contributed by atoms with Crippen molar-refractivity contribution in [3.05, 3.63) is 94.5 Å². The molecule has 7 heteroatoms. The van der Waals surface area contributed by atoms with Gasteiger partial charge in [-0.1, -0.05) is 48.5 Å². The number of hydrogen-bond donors (Lipinski definition) is 5. The molecule has 0 heterocycles. The van der Waals surface area contributed by atoms with Gasteiger partial charge in [0.05, 0.1) is 20.1 Å². The Labute approximate surface area is 206 Å². The van der Waals surface area contributed by atoms with Crippen LogP contribution in [0.2, 0.25) is 0 Å². The maximum Gasteiger partial charge on any atom is 0.224 e. The highest BCUT2D eigenvalue weighted by atomic mass is 16.5. The van der Waals surface area contributed by atoms with Gasteiger partial charge in [-0.3, -0.25) is 10.1 Å². The van der Waals surface area contributed by atoms with E-state index in [1.165, 1.54) is 6.07 Å². The van der Waals surface area contributed by atoms with E-state index in [0.717, 1.165) is 22.4 Å². The summed E-state index contributed by atoms with van der Waals surface area (Å²) in [6.45, 7) is 3.71. The van der Waals surface area contributed by atoms with Gasteiger partial charge in [0.15, 0.2) is 0 Å². The number of ether oxygens (including phenoxy) is 1. The lowest BCUT2D eigenvalue weighted by atomic mass is 9.98. The van der Waals surface area contributed by atoms with Crippen LogP contribution in [0.4, 0.5) is 0 Å². The summed E-state index contributed by atoms with van der Waals surface area (Å²) in [5.74, 6) is 0.678. The highest BCUT2D eigenvalue weighted by molar-refractivity contribution is 5.78. The molecule has 0 aliphatic carbocycles. The van der Waals surface area contributed by atoms with Gasteiger partial charge in [0.2, 0.25) is 5.91 Å². The average Bonchev–Trinajstić information content (AvgIpc) is 2.84. The zero-order valence-corrected chi connectivity index (χ0v) is 20.4. The van der Waals surface area contributed by atoms with Crippen molar-refractivity contribution in [3.8, 4) is 11.5 Å². The van der Waals surface area contributed by atoms with E-state index in [1.807, 2.05) is 55.5 Å². The Hall–Kier alpha value is -3.39. The number of carbonyl (C=O) groups excluding carboxylic acids is 1. The molecule has 0 radical (unpaired) electrons. The van der Waals surface area contributed by atoms with Gasteiger partial charge >= 0.3 is 0 Å². The number of aromatic hydroxyl groups is 1. The zero-order chi connectivity index (χ0) is 25.4. The lowest BCUT2D eigenvalue weighted by Crippen LogP contribution is -2.45. The highest BCUT2D eigenvalue weighted by Gasteiger charge is 2.25. The zero-order valence-electron chi connectivity index (χ0n) is 20.4. The van der Waals surface area contributed by atoms with Crippen LogP contribution >= 0.6 is 0 Å². The fourth-order valence-electron chi connectivity index (χ4n) is 4.07. The van der Waals surface area contributed by atoms with Crippen LogP contribution in [0.25, 0.3) is 0 Å². The van der Waals surface area contributed by atoms with Crippen LogP contribution < -0.4 is 15.4 Å². The summed E-state index contributed by atoms with van der Waals surface area (Å²) in [4.78, 5) is 12.4. The predicted octanol–water partition coefficient (Wildman–Crippen LogP) is 3.14. The summed E-state index contributed by atoms with van der Waals surface area (Å²) < 4.78 is 5.32. The monoisotopic (exact) mass is 478 g/mol. The number of nitrogens with one attached hydrogen (secondary N) is 2. The molecule has 1 amide bonds. The lowest BCUT2D eigenvalue weighted by molar-refractivity contribution is -0.120. The Balaban J connectivity index is 1.52. The third kappa shape index (κ3) is 7.29. The number of hydrogen-bond acceptors (Lipinski definition) is 6. The maximum absolute atomic E-state index is 12.4. The average molecular weight is 479 g/mol. The summed E-state index contributed by atoms with van der Waals surface area (Å²) in [5.41, 5.74) is 2.49. The minimum absolute atomic E-state index is 0.00587. The van der Waals surface area contributed by atoms with Crippen molar-refractivity contribution < 1.29 is 24.9 Å². The second-order valence-electron chi connectivity index (χ2n) is 8.91. The first kappa shape index (κ1) is 26.2. The number of benzene rings is 3. The van der Waals surface area contributed by atoms with Crippen LogP contribution in [0.5, 0.6) is 11.5 Å². The number of amides is 1. The van der Waals surface area contributed by atoms with Crippen LogP contribution in [0, 0.1) is 0 Å². The molecule has 3 aromatic carbocycles. The molecule has 2 atom stereocenters. The van der Waals surface area contributed by atoms with E-state index >= 15 is 0 Å². The molecule has 5 N–H and O–H groups in total. The van der Waals surface area contributed by atoms with Crippen molar-refractivity contribution in [1.82, 2.24) is 10.6 Å². The molecule has 0 unspecified atom stereocenters. The Morgan fingerprint density at radius 3 is 2.40 bits per heavy atom. The molecule has 0 aliphatic rings. The van der Waals surface area contributed by atoms with Gasteiger partial charge in [0, 0.05) is 23.7 Å². The predicted molar refractivity (Wildman–Crippen MR) is 135 cm³/mol. The number of rotatable bonds is 11. The van der Waals surface area contributed by atoms with E-state index in [1.54, 1.807) is 26.2 Å². The minimum Gasteiger partial charge on any atom is -0.508 e. The van der Waals surface area contributed by atoms with Crippen LogP contribution in [0.1, 0.15) is 41.7 Å². The first-order valence-electron chi connectivity index (χ1n) is 11.6. The van der Waals surface area contributed by atoms with Gasteiger partial charge in [0.25, 0.3) is 0 Å². The van der Waals surface area contributed by atoms with Gasteiger partial charge in [-0.2, -0.15) is 0 Å². The van der Waals surface area contributed by atoms with Crippen molar-refractivity contribution >= 4 is 5.91 Å². The van der Waals surface area contributed by atoms with Crippen molar-refractivity contribution in [2.24, 2.45) is 0 Å². The van der Waals surface area contributed by atoms with Crippen molar-refractivity contribution in [2.45, 2.75) is 51.6 Å². The number of aliphatic hydroxyl groups is 2. The molecule has 0 aliphatic heterocycles. The summed E-state index contributed by atoms with van der Waals surface area (Å²) in [6.07, 6.45) is 0.952. The van der Waals surface area contributed by atoms with E-state index < -0.39 is 5.72 Å². The molecule has 0 aromatic heterocycles. The van der Waals surface area contributed by atoms with Gasteiger partial charge in [-0.25, -0.2) is 0 Å². The fraction of sp³-hybridized carbons (Fsp3) is 0.321. The summed E-state index contributed by atoms with van der Waals surface area (Å²) in [5, 5.41) is 36.2. The molecule has 186 valence electrons. The Morgan fingerprint density at radius 1 is 1.03 bits per heavy atom. The van der Waals surface area contributed by atoms with Gasteiger partial charge in [-0.05, 0) is 55.2 Å². The van der Waals surface area contributed by atoms with E-state index in [-0.39, 0.29) is 30.7 Å². The number of methoxy groups -OCH3 is 1. The molecule has 3 rings (SSSR count). The van der Waals surface area contributed by atoms with Crippen LogP contribution in [0.15, 0.2) is 66.7 Å². The van der Waals surface area contributed by atoms with Crippen LogP contribution in [-0.2, 0) is 36.5 Å². The standard InChI is InChI=1S/C28H34N2O5/c1-19(30-28(2,34)24-12-13-25(32)23(16-24)18-31)14-20-8-10-21(11-9-20)15-27(33)29-17-22-6-4-5-7-26(22)35-3/h4-13,16,19,30-32,34H,14-15,17-18H2,1-3H3,(H,29,33)/t19-,28+/m1/s1. The normalized spacial score (nSPS) is 13.6. The van der Waals surface area contributed by atoms with Crippen molar-refractivity contribution in [2.75, 3.05) is 7.11 Å². The van der Waals surface area contributed by atoms with Gasteiger partial charge in [-0.15, -0.1) is 0 Å². The molecule has 0 saturated carbocycles. The molecule has 0 spiro atoms. The van der Waals surface area contributed by atoms with Crippen LogP contribution in [0.3, 0.4) is 0 Å². The van der Waals surface area contributed by atoms with Crippen LogP contribution in [-0.4, -0.2) is 34.4 Å². The lowest BCUT2D eigenvalue weighted by Gasteiger charge is -2.30. The Morgan fingerprint density at radius 2 is 1.71 bits per heavy atom. The number of aliphatic hydroxyl groups excluding tert-OH is 1. The number of carbonyl (C=O) groups is 1. The third-order valence-electron chi connectivity index (χ3n) is 5.94. The quantitative estimate of drug-likeness (QED) is 0.271.